The van der Waals surface area contributed by atoms with E-state index in [4.69, 9.17) is 15.3 Å². The van der Waals surface area contributed by atoms with Crippen LogP contribution in [0, 0.1) is 5.41 Å². The zero-order valence-electron chi connectivity index (χ0n) is 6.96. The summed E-state index contributed by atoms with van der Waals surface area (Å²) in [5.41, 5.74) is -4.20. The second-order valence-corrected chi connectivity index (χ2v) is 3.31. The van der Waals surface area contributed by atoms with E-state index in [-0.39, 0.29) is 13.1 Å². The quantitative estimate of drug-likeness (QED) is 0.431. The third-order valence-electron chi connectivity index (χ3n) is 2.62. The molecular formula is C7H12FNO4. The van der Waals surface area contributed by atoms with Crippen LogP contribution in [0.1, 0.15) is 0 Å². The van der Waals surface area contributed by atoms with Crippen LogP contribution in [0.25, 0.3) is 0 Å². The summed E-state index contributed by atoms with van der Waals surface area (Å²) in [6, 6.07) is 0. The molecule has 0 saturated carbocycles. The Morgan fingerprint density at radius 2 is 1.92 bits per heavy atom. The number of hydrogen-bond donors (Lipinski definition) is 4. The van der Waals surface area contributed by atoms with E-state index in [1.165, 1.54) is 0 Å². The number of hydrogen-bond acceptors (Lipinski definition) is 4. The van der Waals surface area contributed by atoms with Crippen molar-refractivity contribution in [2.45, 2.75) is 5.67 Å². The topological polar surface area (TPSA) is 89.8 Å². The molecule has 0 aromatic heterocycles. The minimum Gasteiger partial charge on any atom is -0.479 e. The molecule has 6 heteroatoms. The van der Waals surface area contributed by atoms with Crippen LogP contribution in [-0.2, 0) is 4.79 Å². The Labute approximate surface area is 74.2 Å². The number of carboxylic acids is 1. The van der Waals surface area contributed by atoms with Crippen molar-refractivity contribution < 1.29 is 24.5 Å². The monoisotopic (exact) mass is 193 g/mol. The van der Waals surface area contributed by atoms with Crippen molar-refractivity contribution >= 4 is 5.97 Å². The number of rotatable bonds is 3. The van der Waals surface area contributed by atoms with Gasteiger partial charge in [0.05, 0.1) is 18.6 Å². The summed E-state index contributed by atoms with van der Waals surface area (Å²) in [5, 5.41) is 28.9. The lowest BCUT2D eigenvalue weighted by atomic mass is 9.77. The summed E-state index contributed by atoms with van der Waals surface area (Å²) in [4.78, 5) is 10.6. The van der Waals surface area contributed by atoms with Gasteiger partial charge in [-0.2, -0.15) is 0 Å². The predicted molar refractivity (Wildman–Crippen MR) is 40.9 cm³/mol. The van der Waals surface area contributed by atoms with Gasteiger partial charge in [-0.1, -0.05) is 0 Å². The predicted octanol–water partition coefficient (Wildman–Crippen LogP) is -1.65. The molecule has 0 aliphatic carbocycles. The Kier molecular flexibility index (Phi) is 2.56. The van der Waals surface area contributed by atoms with Gasteiger partial charge in [0.1, 0.15) is 0 Å². The van der Waals surface area contributed by atoms with E-state index in [9.17, 15) is 9.18 Å². The second kappa shape index (κ2) is 3.21. The van der Waals surface area contributed by atoms with Gasteiger partial charge in [0.15, 0.2) is 0 Å². The number of nitrogens with one attached hydrogen (secondary N) is 1. The second-order valence-electron chi connectivity index (χ2n) is 3.31. The van der Waals surface area contributed by atoms with Gasteiger partial charge in [-0.25, -0.2) is 9.18 Å². The fraction of sp³-hybridized carbons (Fsp3) is 0.857. The number of halogens is 1. The standard InChI is InChI=1S/C7H12FNO4/c8-7(5(12)13)2-9-1-6(7,3-10)4-11/h9-11H,1-4H2,(H,12,13). The van der Waals surface area contributed by atoms with E-state index >= 15 is 0 Å². The van der Waals surface area contributed by atoms with Gasteiger partial charge < -0.3 is 20.6 Å². The fourth-order valence-electron chi connectivity index (χ4n) is 1.52. The van der Waals surface area contributed by atoms with E-state index in [1.54, 1.807) is 0 Å². The molecule has 0 bridgehead atoms. The Morgan fingerprint density at radius 3 is 2.23 bits per heavy atom. The van der Waals surface area contributed by atoms with Crippen LogP contribution in [-0.4, -0.2) is 53.3 Å². The van der Waals surface area contributed by atoms with Gasteiger partial charge in [0, 0.05) is 13.1 Å². The first-order chi connectivity index (χ1) is 6.02. The van der Waals surface area contributed by atoms with Crippen LogP contribution in [0.2, 0.25) is 0 Å². The third kappa shape index (κ3) is 1.21. The average Bonchev–Trinajstić information content (AvgIpc) is 2.45. The lowest BCUT2D eigenvalue weighted by Gasteiger charge is -2.32. The van der Waals surface area contributed by atoms with E-state index in [0.29, 0.717) is 0 Å². The smallest absolute Gasteiger partial charge is 0.343 e. The van der Waals surface area contributed by atoms with Gasteiger partial charge in [0.25, 0.3) is 0 Å². The lowest BCUT2D eigenvalue weighted by molar-refractivity contribution is -0.162. The van der Waals surface area contributed by atoms with Crippen LogP contribution in [0.4, 0.5) is 4.39 Å². The lowest BCUT2D eigenvalue weighted by Crippen LogP contribution is -2.54. The summed E-state index contributed by atoms with van der Waals surface area (Å²) >= 11 is 0. The van der Waals surface area contributed by atoms with Crippen LogP contribution in [0.5, 0.6) is 0 Å². The Morgan fingerprint density at radius 1 is 1.38 bits per heavy atom. The van der Waals surface area contributed by atoms with Gasteiger partial charge in [-0.05, 0) is 0 Å². The molecule has 1 atom stereocenters. The molecular weight excluding hydrogens is 181 g/mol. The molecule has 1 heterocycles. The van der Waals surface area contributed by atoms with E-state index in [0.717, 1.165) is 0 Å². The summed E-state index contributed by atoms with van der Waals surface area (Å²) in [6.07, 6.45) is 0. The highest BCUT2D eigenvalue weighted by Crippen LogP contribution is 2.38. The van der Waals surface area contributed by atoms with Crippen LogP contribution < -0.4 is 5.32 Å². The van der Waals surface area contributed by atoms with Gasteiger partial charge in [-0.3, -0.25) is 0 Å². The highest BCUT2D eigenvalue weighted by Gasteiger charge is 2.61. The summed E-state index contributed by atoms with van der Waals surface area (Å²) in [5.74, 6) is -1.65. The maximum atomic E-state index is 13.8. The zero-order chi connectivity index (χ0) is 10.1. The Bertz CT molecular complexity index is 219. The normalized spacial score (nSPS) is 31.9. The van der Waals surface area contributed by atoms with Crippen LogP contribution in [0.3, 0.4) is 0 Å². The maximum Gasteiger partial charge on any atom is 0.343 e. The number of alkyl halides is 1. The number of aliphatic carboxylic acids is 1. The van der Waals surface area contributed by atoms with Crippen LogP contribution >= 0.6 is 0 Å². The van der Waals surface area contributed by atoms with Gasteiger partial charge >= 0.3 is 5.97 Å². The maximum absolute atomic E-state index is 13.8. The molecule has 1 fully saturated rings. The zero-order valence-corrected chi connectivity index (χ0v) is 6.96. The summed E-state index contributed by atoms with van der Waals surface area (Å²) < 4.78 is 13.8. The molecule has 76 valence electrons. The number of aliphatic hydroxyl groups excluding tert-OH is 2. The Hall–Kier alpha value is -0.720. The average molecular weight is 193 g/mol. The third-order valence-corrected chi connectivity index (χ3v) is 2.62. The minimum absolute atomic E-state index is 0.0389. The molecule has 13 heavy (non-hydrogen) atoms. The van der Waals surface area contributed by atoms with Gasteiger partial charge in [0.2, 0.25) is 5.67 Å². The molecule has 5 nitrogen and oxygen atoms in total. The molecule has 0 radical (unpaired) electrons. The molecule has 1 saturated heterocycles. The molecule has 0 spiro atoms. The highest BCUT2D eigenvalue weighted by atomic mass is 19.1. The first kappa shape index (κ1) is 10.4. The van der Waals surface area contributed by atoms with Crippen molar-refractivity contribution in [1.29, 1.82) is 0 Å². The molecule has 1 aliphatic rings. The fourth-order valence-corrected chi connectivity index (χ4v) is 1.52. The first-order valence-corrected chi connectivity index (χ1v) is 3.87. The molecule has 4 N–H and O–H groups in total. The van der Waals surface area contributed by atoms with Crippen molar-refractivity contribution in [2.24, 2.45) is 5.41 Å². The van der Waals surface area contributed by atoms with Crippen molar-refractivity contribution in [3.05, 3.63) is 0 Å². The van der Waals surface area contributed by atoms with Crippen molar-refractivity contribution in [1.82, 2.24) is 5.32 Å². The minimum atomic E-state index is -2.59. The molecule has 0 aromatic carbocycles. The van der Waals surface area contributed by atoms with E-state index < -0.39 is 30.3 Å². The van der Waals surface area contributed by atoms with E-state index in [1.807, 2.05) is 0 Å². The van der Waals surface area contributed by atoms with Crippen molar-refractivity contribution in [2.75, 3.05) is 26.3 Å². The molecule has 1 rings (SSSR count). The highest BCUT2D eigenvalue weighted by molar-refractivity contribution is 5.79. The summed E-state index contributed by atoms with van der Waals surface area (Å²) in [7, 11) is 0. The van der Waals surface area contributed by atoms with Crippen LogP contribution in [0.15, 0.2) is 0 Å². The molecule has 0 aromatic rings. The number of aliphatic hydroxyl groups is 2. The number of carboxylic acid groups (broad SMARTS) is 1. The first-order valence-electron chi connectivity index (χ1n) is 3.87. The number of carbonyl (C=O) groups is 1. The molecule has 0 amide bonds. The molecule has 1 unspecified atom stereocenters. The van der Waals surface area contributed by atoms with E-state index in [2.05, 4.69) is 5.32 Å². The van der Waals surface area contributed by atoms with Crippen molar-refractivity contribution in [3.63, 3.8) is 0 Å². The molecule has 1 aliphatic heterocycles. The van der Waals surface area contributed by atoms with Crippen molar-refractivity contribution in [3.8, 4) is 0 Å². The Balaban J connectivity index is 3.02. The summed E-state index contributed by atoms with van der Waals surface area (Å²) in [6.45, 7) is -1.81. The van der Waals surface area contributed by atoms with Gasteiger partial charge in [-0.15, -0.1) is 0 Å². The largest absolute Gasteiger partial charge is 0.479 e. The SMILES string of the molecule is O=C(O)C1(F)CNCC1(CO)CO.